The van der Waals surface area contributed by atoms with Crippen LogP contribution in [0.1, 0.15) is 42.1 Å². The Bertz CT molecular complexity index is 1080. The van der Waals surface area contributed by atoms with Crippen molar-refractivity contribution in [2.75, 3.05) is 18.6 Å². The molecule has 31 heavy (non-hydrogen) atoms. The summed E-state index contributed by atoms with van der Waals surface area (Å²) in [6, 6.07) is 8.00. The van der Waals surface area contributed by atoms with Crippen LogP contribution in [-0.4, -0.2) is 49.7 Å². The van der Waals surface area contributed by atoms with Crippen molar-refractivity contribution in [3.8, 4) is 0 Å². The average molecular weight is 441 g/mol. The lowest BCUT2D eigenvalue weighted by atomic mass is 10.0. The van der Waals surface area contributed by atoms with Crippen LogP contribution in [-0.2, 0) is 9.84 Å². The molecule has 0 spiro atoms. The van der Waals surface area contributed by atoms with Gasteiger partial charge in [-0.25, -0.2) is 8.42 Å². The van der Waals surface area contributed by atoms with Crippen LogP contribution in [0.15, 0.2) is 59.5 Å². The van der Waals surface area contributed by atoms with Crippen LogP contribution in [0.25, 0.3) is 5.70 Å². The fourth-order valence-corrected chi connectivity index (χ4v) is 3.98. The maximum Gasteiger partial charge on any atom is 0.251 e. The Morgan fingerprint density at radius 2 is 1.97 bits per heavy atom. The summed E-state index contributed by atoms with van der Waals surface area (Å²) in [5, 5.41) is 6.17. The maximum atomic E-state index is 12.3. The lowest BCUT2D eigenvalue weighted by Crippen LogP contribution is -2.34. The second-order valence-corrected chi connectivity index (χ2v) is 10.6. The molecule has 1 aliphatic carbocycles. The molecule has 1 atom stereocenters. The lowest BCUT2D eigenvalue weighted by molar-refractivity contribution is 0.0951. The number of benzene rings is 1. The second-order valence-electron chi connectivity index (χ2n) is 8.37. The molecule has 1 saturated carbocycles. The van der Waals surface area contributed by atoms with E-state index in [9.17, 15) is 13.2 Å². The highest BCUT2D eigenvalue weighted by Crippen LogP contribution is 2.32. The van der Waals surface area contributed by atoms with Crippen molar-refractivity contribution < 1.29 is 13.2 Å². The number of allylic oxidation sites excluding steroid dienone is 2. The van der Waals surface area contributed by atoms with Gasteiger partial charge in [0.1, 0.15) is 15.7 Å². The van der Waals surface area contributed by atoms with Crippen molar-refractivity contribution in [3.05, 3.63) is 65.6 Å². The number of hydrogen-bond donors (Lipinski definition) is 2. The van der Waals surface area contributed by atoms with Crippen molar-refractivity contribution in [2.24, 2.45) is 10.9 Å². The van der Waals surface area contributed by atoms with Crippen LogP contribution in [0, 0.1) is 5.92 Å². The molecule has 2 aliphatic heterocycles. The third kappa shape index (κ3) is 5.44. The Morgan fingerprint density at radius 3 is 2.65 bits per heavy atom. The van der Waals surface area contributed by atoms with E-state index in [1.54, 1.807) is 6.20 Å². The second kappa shape index (κ2) is 8.70. The van der Waals surface area contributed by atoms with E-state index >= 15 is 0 Å². The smallest absolute Gasteiger partial charge is 0.251 e. The average Bonchev–Trinajstić information content (AvgIpc) is 3.55. The molecule has 3 aliphatic rings. The van der Waals surface area contributed by atoms with Crippen LogP contribution in [0.4, 0.5) is 0 Å². The van der Waals surface area contributed by atoms with E-state index in [1.165, 1.54) is 6.26 Å². The molecule has 164 valence electrons. The number of nitrogens with zero attached hydrogens (tertiary/aromatic N) is 2. The molecule has 8 heteroatoms. The summed E-state index contributed by atoms with van der Waals surface area (Å²) >= 11 is 0. The number of amidine groups is 1. The van der Waals surface area contributed by atoms with Gasteiger partial charge in [-0.05, 0) is 42.9 Å². The van der Waals surface area contributed by atoms with Crippen LogP contribution >= 0.6 is 0 Å². The van der Waals surface area contributed by atoms with Crippen molar-refractivity contribution in [1.29, 1.82) is 0 Å². The number of rotatable bonds is 6. The minimum atomic E-state index is -3.07. The number of aliphatic imine (C=N–C) groups is 1. The van der Waals surface area contributed by atoms with E-state index in [0.717, 1.165) is 36.2 Å². The predicted octanol–water partition coefficient (Wildman–Crippen LogP) is 2.66. The fourth-order valence-electron chi connectivity index (χ4n) is 3.55. The van der Waals surface area contributed by atoms with Gasteiger partial charge < -0.3 is 15.5 Å². The molecular weight excluding hydrogens is 412 g/mol. The number of hydrogen-bond acceptors (Lipinski definition) is 5. The largest absolute Gasteiger partial charge is 0.349 e. The zero-order valence-corrected chi connectivity index (χ0v) is 18.7. The van der Waals surface area contributed by atoms with Gasteiger partial charge in [0.15, 0.2) is 0 Å². The van der Waals surface area contributed by atoms with E-state index in [-0.39, 0.29) is 18.2 Å². The Labute approximate surface area is 183 Å². The van der Waals surface area contributed by atoms with Gasteiger partial charge in [-0.15, -0.1) is 0 Å². The summed E-state index contributed by atoms with van der Waals surface area (Å²) in [6.07, 6.45) is 12.3. The molecule has 1 fully saturated rings. The van der Waals surface area contributed by atoms with Crippen LogP contribution in [0.5, 0.6) is 0 Å². The normalized spacial score (nSPS) is 22.2. The van der Waals surface area contributed by atoms with Gasteiger partial charge in [-0.1, -0.05) is 31.2 Å². The van der Waals surface area contributed by atoms with E-state index in [0.29, 0.717) is 23.4 Å². The number of amides is 1. The molecular formula is C23H28N4O3S. The molecule has 2 N–H and O–H groups in total. The first-order valence-electron chi connectivity index (χ1n) is 10.6. The van der Waals surface area contributed by atoms with Gasteiger partial charge in [0, 0.05) is 36.0 Å². The molecule has 1 amide bonds. The summed E-state index contributed by atoms with van der Waals surface area (Å²) in [5.74, 6) is 0.960. The Hall–Kier alpha value is -2.87. The van der Waals surface area contributed by atoms with Gasteiger partial charge in [-0.3, -0.25) is 9.79 Å². The summed E-state index contributed by atoms with van der Waals surface area (Å²) in [7, 11) is -3.07. The quantitative estimate of drug-likeness (QED) is 0.710. The summed E-state index contributed by atoms with van der Waals surface area (Å²) in [6.45, 7) is 2.37. The Morgan fingerprint density at radius 1 is 1.23 bits per heavy atom. The molecule has 1 aromatic carbocycles. The molecule has 0 saturated heterocycles. The number of sulfone groups is 1. The monoisotopic (exact) mass is 440 g/mol. The van der Waals surface area contributed by atoms with E-state index in [4.69, 9.17) is 0 Å². The van der Waals surface area contributed by atoms with Gasteiger partial charge >= 0.3 is 0 Å². The molecule has 1 aromatic rings. The molecule has 0 bridgehead atoms. The zero-order chi connectivity index (χ0) is 22.0. The highest BCUT2D eigenvalue weighted by molar-refractivity contribution is 7.90. The summed E-state index contributed by atoms with van der Waals surface area (Å²) in [5.41, 5.74) is 3.58. The first-order chi connectivity index (χ1) is 14.8. The lowest BCUT2D eigenvalue weighted by Gasteiger charge is -2.30. The maximum absolute atomic E-state index is 12.3. The molecule has 4 rings (SSSR count). The topological polar surface area (TPSA) is 90.9 Å². The number of fused-ring (bicyclic) bond motifs is 1. The Balaban J connectivity index is 1.58. The van der Waals surface area contributed by atoms with Gasteiger partial charge in [0.2, 0.25) is 0 Å². The number of carbonyl (C=O) groups excluding carboxylic acids is 1. The molecule has 7 nitrogen and oxygen atoms in total. The van der Waals surface area contributed by atoms with E-state index < -0.39 is 9.84 Å². The fraction of sp³-hybridized carbons (Fsp3) is 0.391. The van der Waals surface area contributed by atoms with E-state index in [1.807, 2.05) is 30.5 Å². The number of carbonyl (C=O) groups is 1. The van der Waals surface area contributed by atoms with Gasteiger partial charge in [0.05, 0.1) is 18.0 Å². The third-order valence-corrected chi connectivity index (χ3v) is 6.34. The van der Waals surface area contributed by atoms with Crippen molar-refractivity contribution in [2.45, 2.75) is 32.2 Å². The minimum Gasteiger partial charge on any atom is -0.349 e. The zero-order valence-electron chi connectivity index (χ0n) is 17.8. The van der Waals surface area contributed by atoms with Gasteiger partial charge in [0.25, 0.3) is 5.91 Å². The highest BCUT2D eigenvalue weighted by Gasteiger charge is 2.26. The van der Waals surface area contributed by atoms with Gasteiger partial charge in [-0.2, -0.15) is 0 Å². The highest BCUT2D eigenvalue weighted by atomic mass is 32.2. The van der Waals surface area contributed by atoms with Crippen LogP contribution in [0.3, 0.4) is 0 Å². The molecule has 0 aromatic heterocycles. The predicted molar refractivity (Wildman–Crippen MR) is 123 cm³/mol. The minimum absolute atomic E-state index is 0.0126. The van der Waals surface area contributed by atoms with E-state index in [2.05, 4.69) is 39.6 Å². The van der Waals surface area contributed by atoms with Crippen LogP contribution < -0.4 is 10.6 Å². The third-order valence-electron chi connectivity index (χ3n) is 5.42. The SMILES string of the molecule is CC1C=C(c2ccc(C(=O)NC3CC3)cc2)N2C=CNC(=NCCS(C)(=O)=O)C2=CC1. The van der Waals surface area contributed by atoms with Crippen LogP contribution in [0.2, 0.25) is 0 Å². The van der Waals surface area contributed by atoms with Crippen molar-refractivity contribution in [1.82, 2.24) is 15.5 Å². The number of nitrogens with one attached hydrogen (secondary N) is 2. The van der Waals surface area contributed by atoms with Crippen molar-refractivity contribution in [3.63, 3.8) is 0 Å². The standard InChI is InChI=1S/C23H28N4O3S/c1-16-3-10-20-22(25-12-14-31(2,29)30)24-11-13-27(20)21(15-16)17-4-6-18(7-5-17)23(28)26-19-8-9-19/h4-7,10-11,13,15-16,19H,3,8-9,12,14H2,1-2H3,(H,24,25)(H,26,28). The molecule has 1 unspecified atom stereocenters. The molecule has 2 heterocycles. The first kappa shape index (κ1) is 21.4. The van der Waals surface area contributed by atoms with Crippen molar-refractivity contribution >= 4 is 27.3 Å². The summed E-state index contributed by atoms with van der Waals surface area (Å²) in [4.78, 5) is 18.9. The summed E-state index contributed by atoms with van der Waals surface area (Å²) < 4.78 is 22.9. The first-order valence-corrected chi connectivity index (χ1v) is 12.6. The Kier molecular flexibility index (Phi) is 6.00. The molecule has 0 radical (unpaired) electrons.